The van der Waals surface area contributed by atoms with Gasteiger partial charge in [0.1, 0.15) is 11.7 Å². The van der Waals surface area contributed by atoms with Crippen molar-refractivity contribution in [3.05, 3.63) is 0 Å². The fourth-order valence-corrected chi connectivity index (χ4v) is 2.45. The summed E-state index contributed by atoms with van der Waals surface area (Å²) >= 11 is 0. The highest BCUT2D eigenvalue weighted by Gasteiger charge is 2.51. The second kappa shape index (κ2) is 4.01. The van der Waals surface area contributed by atoms with E-state index in [1.54, 1.807) is 6.92 Å². The van der Waals surface area contributed by atoms with Crippen molar-refractivity contribution in [2.75, 3.05) is 13.2 Å². The first-order valence-corrected chi connectivity index (χ1v) is 5.73. The fraction of sp³-hybridized carbons (Fsp3) is 1.00. The van der Waals surface area contributed by atoms with Crippen LogP contribution >= 0.6 is 0 Å². The highest BCUT2D eigenvalue weighted by Crippen LogP contribution is 2.42. The molecule has 0 aromatic heterocycles. The van der Waals surface area contributed by atoms with Crippen molar-refractivity contribution in [3.63, 3.8) is 0 Å². The Morgan fingerprint density at radius 3 is 2.53 bits per heavy atom. The van der Waals surface area contributed by atoms with E-state index in [4.69, 9.17) is 14.6 Å². The molecule has 2 atom stereocenters. The molecular weight excluding hydrogens is 196 g/mol. The molecular formula is C11H20O4. The molecule has 1 aliphatic carbocycles. The topological polar surface area (TPSA) is 58.9 Å². The van der Waals surface area contributed by atoms with Crippen LogP contribution in [0.25, 0.3) is 0 Å². The van der Waals surface area contributed by atoms with E-state index in [-0.39, 0.29) is 6.61 Å². The van der Waals surface area contributed by atoms with Gasteiger partial charge in [0.15, 0.2) is 5.79 Å². The van der Waals surface area contributed by atoms with Crippen LogP contribution in [0.1, 0.15) is 39.0 Å². The van der Waals surface area contributed by atoms with Gasteiger partial charge in [-0.3, -0.25) is 0 Å². The van der Waals surface area contributed by atoms with Crippen molar-refractivity contribution < 1.29 is 19.7 Å². The number of hydrogen-bond donors (Lipinski definition) is 2. The van der Waals surface area contributed by atoms with Gasteiger partial charge in [-0.2, -0.15) is 0 Å². The largest absolute Gasteiger partial charge is 0.394 e. The van der Waals surface area contributed by atoms with Crippen LogP contribution in [0.5, 0.6) is 0 Å². The standard InChI is InChI=1S/C11H20O4/c1-10(9(13)7-12)8-14-11(15-10)5-3-2-4-6-11/h9,12-13H,2-8H2,1H3/t9-,10+/m0/s1. The summed E-state index contributed by atoms with van der Waals surface area (Å²) < 4.78 is 11.6. The fourth-order valence-electron chi connectivity index (χ4n) is 2.45. The van der Waals surface area contributed by atoms with Crippen LogP contribution in [0.2, 0.25) is 0 Å². The Kier molecular flexibility index (Phi) is 3.03. The van der Waals surface area contributed by atoms with Crippen LogP contribution < -0.4 is 0 Å². The molecule has 2 N–H and O–H groups in total. The molecule has 0 amide bonds. The van der Waals surface area contributed by atoms with Crippen molar-refractivity contribution in [3.8, 4) is 0 Å². The third kappa shape index (κ3) is 2.04. The van der Waals surface area contributed by atoms with E-state index in [1.165, 1.54) is 6.42 Å². The van der Waals surface area contributed by atoms with Crippen molar-refractivity contribution in [1.82, 2.24) is 0 Å². The molecule has 15 heavy (non-hydrogen) atoms. The van der Waals surface area contributed by atoms with Crippen LogP contribution in [0.15, 0.2) is 0 Å². The predicted octanol–water partition coefficient (Wildman–Crippen LogP) is 0.805. The molecule has 0 bridgehead atoms. The summed E-state index contributed by atoms with van der Waals surface area (Å²) in [6, 6.07) is 0. The van der Waals surface area contributed by atoms with Gasteiger partial charge in [-0.05, 0) is 19.8 Å². The molecule has 0 aromatic rings. The molecule has 88 valence electrons. The highest BCUT2D eigenvalue weighted by atomic mass is 16.8. The summed E-state index contributed by atoms with van der Waals surface area (Å²) in [6.45, 7) is 1.89. The number of aliphatic hydroxyl groups excluding tert-OH is 2. The van der Waals surface area contributed by atoms with Crippen LogP contribution in [0.4, 0.5) is 0 Å². The molecule has 0 unspecified atom stereocenters. The zero-order chi connectivity index (χ0) is 10.9. The SMILES string of the molecule is C[C@]1([C@@H](O)CO)COC2(CCCCC2)O1. The van der Waals surface area contributed by atoms with Gasteiger partial charge in [-0.1, -0.05) is 6.42 Å². The van der Waals surface area contributed by atoms with Crippen molar-refractivity contribution in [2.24, 2.45) is 0 Å². The molecule has 0 aromatic carbocycles. The monoisotopic (exact) mass is 216 g/mol. The Balaban J connectivity index is 2.03. The maximum Gasteiger partial charge on any atom is 0.169 e. The molecule has 2 rings (SSSR count). The van der Waals surface area contributed by atoms with E-state index in [1.807, 2.05) is 0 Å². The molecule has 1 spiro atoms. The number of hydrogen-bond acceptors (Lipinski definition) is 4. The first kappa shape index (κ1) is 11.3. The van der Waals surface area contributed by atoms with E-state index < -0.39 is 17.5 Å². The van der Waals surface area contributed by atoms with Crippen LogP contribution in [-0.2, 0) is 9.47 Å². The minimum absolute atomic E-state index is 0.282. The summed E-state index contributed by atoms with van der Waals surface area (Å²) in [5.74, 6) is -0.483. The third-order valence-electron chi connectivity index (χ3n) is 3.53. The third-order valence-corrected chi connectivity index (χ3v) is 3.53. The maximum atomic E-state index is 9.68. The van der Waals surface area contributed by atoms with Gasteiger partial charge in [0, 0.05) is 12.8 Å². The van der Waals surface area contributed by atoms with E-state index in [0.717, 1.165) is 25.7 Å². The zero-order valence-electron chi connectivity index (χ0n) is 9.24. The van der Waals surface area contributed by atoms with Gasteiger partial charge in [0.25, 0.3) is 0 Å². The summed E-state index contributed by atoms with van der Waals surface area (Å²) in [7, 11) is 0. The lowest BCUT2D eigenvalue weighted by Gasteiger charge is -2.35. The maximum absolute atomic E-state index is 9.68. The Labute approximate surface area is 90.2 Å². The Morgan fingerprint density at radius 2 is 1.93 bits per heavy atom. The lowest BCUT2D eigenvalue weighted by Crippen LogP contribution is -2.46. The van der Waals surface area contributed by atoms with Crippen LogP contribution in [0, 0.1) is 0 Å². The number of rotatable bonds is 2. The van der Waals surface area contributed by atoms with Gasteiger partial charge in [0.2, 0.25) is 0 Å². The van der Waals surface area contributed by atoms with Crippen molar-refractivity contribution in [1.29, 1.82) is 0 Å². The first-order valence-electron chi connectivity index (χ1n) is 5.73. The van der Waals surface area contributed by atoms with Gasteiger partial charge in [-0.15, -0.1) is 0 Å². The second-order valence-corrected chi connectivity index (χ2v) is 4.87. The molecule has 2 fully saturated rings. The molecule has 4 nitrogen and oxygen atoms in total. The first-order chi connectivity index (χ1) is 7.10. The molecule has 1 aliphatic heterocycles. The molecule has 0 radical (unpaired) electrons. The van der Waals surface area contributed by atoms with Gasteiger partial charge >= 0.3 is 0 Å². The summed E-state index contributed by atoms with van der Waals surface area (Å²) in [6.07, 6.45) is 4.41. The molecule has 1 saturated heterocycles. The predicted molar refractivity (Wildman–Crippen MR) is 54.4 cm³/mol. The highest BCUT2D eigenvalue weighted by molar-refractivity contribution is 4.93. The number of ether oxygens (including phenoxy) is 2. The van der Waals surface area contributed by atoms with Gasteiger partial charge in [-0.25, -0.2) is 0 Å². The quantitative estimate of drug-likeness (QED) is 0.717. The molecule has 1 saturated carbocycles. The van der Waals surface area contributed by atoms with Crippen molar-refractivity contribution >= 4 is 0 Å². The van der Waals surface area contributed by atoms with E-state index in [0.29, 0.717) is 6.61 Å². The Morgan fingerprint density at radius 1 is 1.27 bits per heavy atom. The molecule has 4 heteroatoms. The van der Waals surface area contributed by atoms with E-state index >= 15 is 0 Å². The van der Waals surface area contributed by atoms with E-state index in [2.05, 4.69) is 0 Å². The van der Waals surface area contributed by atoms with Gasteiger partial charge in [0.05, 0.1) is 13.2 Å². The average molecular weight is 216 g/mol. The number of aliphatic hydroxyl groups is 2. The van der Waals surface area contributed by atoms with Crippen LogP contribution in [-0.4, -0.2) is 40.9 Å². The molecule has 2 aliphatic rings. The minimum Gasteiger partial charge on any atom is -0.394 e. The average Bonchev–Trinajstić information content (AvgIpc) is 2.57. The second-order valence-electron chi connectivity index (χ2n) is 4.87. The Hall–Kier alpha value is -0.160. The van der Waals surface area contributed by atoms with Crippen molar-refractivity contribution in [2.45, 2.75) is 56.5 Å². The molecule has 1 heterocycles. The van der Waals surface area contributed by atoms with E-state index in [9.17, 15) is 5.11 Å². The lowest BCUT2D eigenvalue weighted by molar-refractivity contribution is -0.219. The summed E-state index contributed by atoms with van der Waals surface area (Å²) in [5.41, 5.74) is -0.744. The summed E-state index contributed by atoms with van der Waals surface area (Å²) in [4.78, 5) is 0. The normalized spacial score (nSPS) is 37.0. The minimum atomic E-state index is -0.862. The summed E-state index contributed by atoms with van der Waals surface area (Å²) in [5, 5.41) is 18.6. The zero-order valence-corrected chi connectivity index (χ0v) is 9.24. The Bertz CT molecular complexity index is 221. The van der Waals surface area contributed by atoms with Gasteiger partial charge < -0.3 is 19.7 Å². The lowest BCUT2D eigenvalue weighted by atomic mass is 9.94. The smallest absolute Gasteiger partial charge is 0.169 e. The van der Waals surface area contributed by atoms with Crippen LogP contribution in [0.3, 0.4) is 0 Å².